The Hall–Kier alpha value is -2.38. The molecule has 0 rings (SSSR count). The van der Waals surface area contributed by atoms with Crippen LogP contribution in [0.25, 0.3) is 0 Å². The summed E-state index contributed by atoms with van der Waals surface area (Å²) in [6, 6.07) is -4.31. The number of carboxylic acid groups (broad SMARTS) is 2. The Labute approximate surface area is 210 Å². The van der Waals surface area contributed by atoms with Crippen molar-refractivity contribution >= 4 is 41.4 Å². The molecule has 0 heterocycles. The van der Waals surface area contributed by atoms with Crippen LogP contribution in [0.15, 0.2) is 0 Å². The number of aliphatic carboxylic acids is 2. The summed E-state index contributed by atoms with van der Waals surface area (Å²) in [7, 11) is 0. The number of carbonyl (C=O) groups excluding carboxylic acids is 3. The minimum atomic E-state index is -1.30. The molecule has 12 nitrogen and oxygen atoms in total. The third kappa shape index (κ3) is 14.6. The van der Waals surface area contributed by atoms with Gasteiger partial charge in [-0.3, -0.25) is 19.2 Å². The van der Waals surface area contributed by atoms with Crippen LogP contribution in [-0.2, 0) is 24.0 Å². The summed E-state index contributed by atoms with van der Waals surface area (Å²) < 4.78 is 0. The van der Waals surface area contributed by atoms with Crippen LogP contribution in [0.1, 0.15) is 58.8 Å². The summed E-state index contributed by atoms with van der Waals surface area (Å²) >= 11 is 1.54. The molecular formula is C22H41N5O7S. The number of carboxylic acids is 2. The van der Waals surface area contributed by atoms with Gasteiger partial charge in [-0.15, -0.1) is 0 Å². The van der Waals surface area contributed by atoms with Gasteiger partial charge in [0.05, 0.1) is 6.04 Å². The summed E-state index contributed by atoms with van der Waals surface area (Å²) in [5.74, 6) is -3.74. The SMILES string of the molecule is CSCCC(N)C(=O)NC(CC(C)C)C(=O)NC(CCC(=O)O)C(=O)NC(CCCCN)C(=O)O. The van der Waals surface area contributed by atoms with Gasteiger partial charge in [0, 0.05) is 6.42 Å². The number of unbranched alkanes of at least 4 members (excludes halogenated alkanes) is 1. The van der Waals surface area contributed by atoms with E-state index in [0.29, 0.717) is 31.6 Å². The van der Waals surface area contributed by atoms with E-state index in [2.05, 4.69) is 16.0 Å². The van der Waals surface area contributed by atoms with Gasteiger partial charge in [-0.2, -0.15) is 11.8 Å². The van der Waals surface area contributed by atoms with Crippen LogP contribution in [0.5, 0.6) is 0 Å². The van der Waals surface area contributed by atoms with Gasteiger partial charge in [-0.05, 0) is 63.0 Å². The lowest BCUT2D eigenvalue weighted by Gasteiger charge is -2.26. The minimum Gasteiger partial charge on any atom is -0.481 e. The van der Waals surface area contributed by atoms with E-state index in [4.69, 9.17) is 16.6 Å². The number of nitrogens with two attached hydrogens (primary N) is 2. The zero-order valence-corrected chi connectivity index (χ0v) is 21.6. The Bertz CT molecular complexity index is 708. The van der Waals surface area contributed by atoms with Gasteiger partial charge in [-0.25, -0.2) is 4.79 Å². The molecule has 202 valence electrons. The molecule has 3 amide bonds. The van der Waals surface area contributed by atoms with Gasteiger partial charge in [0.1, 0.15) is 18.1 Å². The van der Waals surface area contributed by atoms with Crippen molar-refractivity contribution in [3.63, 3.8) is 0 Å². The molecule has 0 aliphatic rings. The van der Waals surface area contributed by atoms with Crippen molar-refractivity contribution in [1.29, 1.82) is 0 Å². The lowest BCUT2D eigenvalue weighted by Crippen LogP contribution is -2.57. The second kappa shape index (κ2) is 18.0. The smallest absolute Gasteiger partial charge is 0.326 e. The van der Waals surface area contributed by atoms with Crippen molar-refractivity contribution < 1.29 is 34.2 Å². The van der Waals surface area contributed by atoms with E-state index in [1.54, 1.807) is 0 Å². The van der Waals surface area contributed by atoms with Gasteiger partial charge < -0.3 is 37.6 Å². The normalized spacial score (nSPS) is 14.5. The second-order valence-electron chi connectivity index (χ2n) is 8.76. The van der Waals surface area contributed by atoms with Crippen LogP contribution in [-0.4, -0.2) is 82.6 Å². The molecule has 0 radical (unpaired) electrons. The Morgan fingerprint density at radius 2 is 1.40 bits per heavy atom. The monoisotopic (exact) mass is 519 g/mol. The lowest BCUT2D eigenvalue weighted by molar-refractivity contribution is -0.143. The molecule has 0 aromatic rings. The predicted octanol–water partition coefficient (Wildman–Crippen LogP) is -0.354. The molecule has 0 aromatic heterocycles. The van der Waals surface area contributed by atoms with Crippen LogP contribution in [0.3, 0.4) is 0 Å². The number of hydrogen-bond acceptors (Lipinski definition) is 8. The summed E-state index contributed by atoms with van der Waals surface area (Å²) in [6.07, 6.45) is 3.08. The molecule has 0 aliphatic heterocycles. The van der Waals surface area contributed by atoms with E-state index in [0.717, 1.165) is 0 Å². The number of nitrogens with one attached hydrogen (secondary N) is 3. The maximum Gasteiger partial charge on any atom is 0.326 e. The molecule has 35 heavy (non-hydrogen) atoms. The first-order valence-electron chi connectivity index (χ1n) is 11.7. The molecule has 9 N–H and O–H groups in total. The van der Waals surface area contributed by atoms with Crippen molar-refractivity contribution in [2.75, 3.05) is 18.6 Å². The Kier molecular flexibility index (Phi) is 16.7. The maximum absolute atomic E-state index is 13.0. The van der Waals surface area contributed by atoms with E-state index in [1.165, 1.54) is 11.8 Å². The fourth-order valence-electron chi connectivity index (χ4n) is 3.19. The van der Waals surface area contributed by atoms with Crippen LogP contribution in [0.4, 0.5) is 0 Å². The topological polar surface area (TPSA) is 214 Å². The zero-order chi connectivity index (χ0) is 27.0. The third-order valence-electron chi connectivity index (χ3n) is 5.15. The average Bonchev–Trinajstić information content (AvgIpc) is 2.78. The highest BCUT2D eigenvalue weighted by molar-refractivity contribution is 7.98. The van der Waals surface area contributed by atoms with Gasteiger partial charge in [-0.1, -0.05) is 13.8 Å². The first-order valence-corrected chi connectivity index (χ1v) is 13.1. The molecule has 0 saturated carbocycles. The minimum absolute atomic E-state index is 0.0127. The number of hydrogen-bond donors (Lipinski definition) is 7. The largest absolute Gasteiger partial charge is 0.481 e. The van der Waals surface area contributed by atoms with Gasteiger partial charge in [0.15, 0.2) is 0 Å². The van der Waals surface area contributed by atoms with Crippen molar-refractivity contribution in [3.8, 4) is 0 Å². The Balaban J connectivity index is 5.49. The molecule has 0 aromatic carbocycles. The van der Waals surface area contributed by atoms with Crippen LogP contribution in [0, 0.1) is 5.92 Å². The quantitative estimate of drug-likeness (QED) is 0.110. The number of rotatable bonds is 19. The van der Waals surface area contributed by atoms with E-state index in [9.17, 15) is 29.1 Å². The summed E-state index contributed by atoms with van der Waals surface area (Å²) in [5, 5.41) is 25.9. The lowest BCUT2D eigenvalue weighted by atomic mass is 10.0. The molecular weight excluding hydrogens is 478 g/mol. The number of carbonyl (C=O) groups is 5. The van der Waals surface area contributed by atoms with Crippen molar-refractivity contribution in [3.05, 3.63) is 0 Å². The first kappa shape index (κ1) is 32.6. The molecule has 0 fully saturated rings. The summed E-state index contributed by atoms with van der Waals surface area (Å²) in [5.41, 5.74) is 11.3. The average molecular weight is 520 g/mol. The number of thioether (sulfide) groups is 1. The van der Waals surface area contributed by atoms with E-state index >= 15 is 0 Å². The van der Waals surface area contributed by atoms with E-state index < -0.39 is 60.2 Å². The molecule has 4 unspecified atom stereocenters. The van der Waals surface area contributed by atoms with E-state index in [1.807, 2.05) is 20.1 Å². The van der Waals surface area contributed by atoms with E-state index in [-0.39, 0.29) is 25.2 Å². The standard InChI is InChI=1S/C22H41N5O7S/c1-13(2)12-17(27-19(30)14(24)9-11-35-3)21(32)25-15(7-8-18(28)29)20(31)26-16(22(33)34)6-4-5-10-23/h13-17H,4-12,23-24H2,1-3H3,(H,25,32)(H,26,31)(H,27,30)(H,28,29)(H,33,34). The molecule has 0 spiro atoms. The third-order valence-corrected chi connectivity index (χ3v) is 5.80. The van der Waals surface area contributed by atoms with Gasteiger partial charge in [0.2, 0.25) is 17.7 Å². The highest BCUT2D eigenvalue weighted by Gasteiger charge is 2.30. The van der Waals surface area contributed by atoms with Crippen LogP contribution < -0.4 is 27.4 Å². The molecule has 0 bridgehead atoms. The Morgan fingerprint density at radius 3 is 1.91 bits per heavy atom. The molecule has 13 heteroatoms. The molecule has 0 saturated heterocycles. The first-order chi connectivity index (χ1) is 16.4. The molecule has 4 atom stereocenters. The number of amides is 3. The van der Waals surface area contributed by atoms with Gasteiger partial charge in [0.25, 0.3) is 0 Å². The zero-order valence-electron chi connectivity index (χ0n) is 20.7. The van der Waals surface area contributed by atoms with Crippen LogP contribution >= 0.6 is 11.8 Å². The summed E-state index contributed by atoms with van der Waals surface area (Å²) in [6.45, 7) is 4.09. The maximum atomic E-state index is 13.0. The predicted molar refractivity (Wildman–Crippen MR) is 134 cm³/mol. The highest BCUT2D eigenvalue weighted by atomic mass is 32.2. The van der Waals surface area contributed by atoms with Crippen molar-refractivity contribution in [1.82, 2.24) is 16.0 Å². The molecule has 0 aliphatic carbocycles. The Morgan fingerprint density at radius 1 is 0.829 bits per heavy atom. The van der Waals surface area contributed by atoms with Crippen molar-refractivity contribution in [2.45, 2.75) is 83.0 Å². The van der Waals surface area contributed by atoms with Crippen molar-refractivity contribution in [2.24, 2.45) is 17.4 Å². The van der Waals surface area contributed by atoms with Gasteiger partial charge >= 0.3 is 11.9 Å². The summed E-state index contributed by atoms with van der Waals surface area (Å²) in [4.78, 5) is 60.9. The second-order valence-corrected chi connectivity index (χ2v) is 9.74. The fourth-order valence-corrected chi connectivity index (χ4v) is 3.68. The van der Waals surface area contributed by atoms with Crippen LogP contribution in [0.2, 0.25) is 0 Å². The highest BCUT2D eigenvalue weighted by Crippen LogP contribution is 2.09. The fraction of sp³-hybridized carbons (Fsp3) is 0.773.